The van der Waals surface area contributed by atoms with E-state index >= 15 is 0 Å². The number of benzene rings is 2. The molecule has 0 aliphatic carbocycles. The Balaban J connectivity index is 1.14. The van der Waals surface area contributed by atoms with E-state index in [0.29, 0.717) is 65.3 Å². The number of hydrogen-bond donors (Lipinski definition) is 4. The first kappa shape index (κ1) is 44.5. The molecule has 5 aromatic rings. The summed E-state index contributed by atoms with van der Waals surface area (Å²) >= 11 is 7.72. The fourth-order valence-corrected chi connectivity index (χ4v) is 7.76. The smallest absolute Gasteiger partial charge is 0.306 e. The SMILES string of the molecule is CC(CCOCCCOc1ccc(-c2c3nc(c(Br)c4ccc([nH]4)c(-c4ccc(OCCCOCCC(C)C(=O)O)cc4)c4nc(c(Br)c5ccc2[nH]5)C=C4)C=C3)cc1)C(=O)O. The van der Waals surface area contributed by atoms with Crippen LogP contribution in [0, 0.1) is 11.8 Å². The summed E-state index contributed by atoms with van der Waals surface area (Å²) in [7, 11) is 0. The standard InChI is InChI=1S/C48H48Br2N4O8/c1-29(47(55)56)21-27-59-23-3-25-61-33-9-5-31(6-10-33)43-35-13-17-39(51-35)45(49)41-19-15-37(53-41)44(38-16-20-42(54-38)46(50)40-18-14-36(43)52-40)32-7-11-34(12-8-32)62-26-4-24-60-28-22-30(2)48(57)58/h5-20,29-30,51,54H,3-4,21-28H2,1-2H3,(H,55,56)(H,57,58). The fourth-order valence-electron chi connectivity index (χ4n) is 6.85. The fraction of sp³-hybridized carbons (Fsp3) is 0.292. The second-order valence-electron chi connectivity index (χ2n) is 15.1. The minimum Gasteiger partial charge on any atom is -0.494 e. The number of carboxylic acids is 2. The highest BCUT2D eigenvalue weighted by molar-refractivity contribution is 9.11. The van der Waals surface area contributed by atoms with Gasteiger partial charge in [-0.05, 0) is 129 Å². The van der Waals surface area contributed by atoms with Gasteiger partial charge in [0.2, 0.25) is 0 Å². The lowest BCUT2D eigenvalue weighted by molar-refractivity contribution is -0.142. The van der Waals surface area contributed by atoms with Crippen molar-refractivity contribution in [2.75, 3.05) is 39.6 Å². The first-order chi connectivity index (χ1) is 30.0. The highest BCUT2D eigenvalue weighted by atomic mass is 79.9. The van der Waals surface area contributed by atoms with Gasteiger partial charge in [-0.2, -0.15) is 0 Å². The highest BCUT2D eigenvalue weighted by Gasteiger charge is 2.17. The number of fused-ring (bicyclic) bond motifs is 8. The minimum absolute atomic E-state index is 0.407. The molecule has 2 unspecified atom stereocenters. The van der Waals surface area contributed by atoms with Crippen LogP contribution in [0.4, 0.5) is 0 Å². The van der Waals surface area contributed by atoms with Crippen LogP contribution in [0.5, 0.6) is 11.5 Å². The van der Waals surface area contributed by atoms with Crippen molar-refractivity contribution in [2.24, 2.45) is 11.8 Å². The van der Waals surface area contributed by atoms with Crippen molar-refractivity contribution in [3.05, 3.63) is 105 Å². The Kier molecular flexibility index (Phi) is 15.1. The summed E-state index contributed by atoms with van der Waals surface area (Å²) in [6.45, 7) is 6.12. The molecule has 2 atom stereocenters. The Morgan fingerprint density at radius 2 is 0.903 bits per heavy atom. The Morgan fingerprint density at radius 3 is 1.29 bits per heavy atom. The highest BCUT2D eigenvalue weighted by Crippen LogP contribution is 2.37. The van der Waals surface area contributed by atoms with Gasteiger partial charge < -0.3 is 39.1 Å². The third kappa shape index (κ3) is 11.1. The van der Waals surface area contributed by atoms with E-state index in [4.69, 9.17) is 39.1 Å². The zero-order chi connectivity index (χ0) is 43.6. The number of nitrogens with one attached hydrogen (secondary N) is 2. The van der Waals surface area contributed by atoms with Crippen LogP contribution < -0.4 is 9.47 Å². The lowest BCUT2D eigenvalue weighted by Crippen LogP contribution is -2.13. The number of carboxylic acid groups (broad SMARTS) is 2. The zero-order valence-electron chi connectivity index (χ0n) is 34.5. The van der Waals surface area contributed by atoms with Gasteiger partial charge in [0.05, 0.1) is 67.8 Å². The van der Waals surface area contributed by atoms with Crippen molar-refractivity contribution in [1.82, 2.24) is 19.9 Å². The van der Waals surface area contributed by atoms with Gasteiger partial charge in [-0.15, -0.1) is 0 Å². The largest absolute Gasteiger partial charge is 0.494 e. The van der Waals surface area contributed by atoms with E-state index in [0.717, 1.165) is 87.5 Å². The van der Waals surface area contributed by atoms with Gasteiger partial charge in [-0.1, -0.05) is 38.1 Å². The second kappa shape index (κ2) is 21.0. The molecular weight excluding hydrogens is 920 g/mol. The molecule has 0 radical (unpaired) electrons. The normalized spacial score (nSPS) is 13.0. The summed E-state index contributed by atoms with van der Waals surface area (Å²) < 4.78 is 24.8. The van der Waals surface area contributed by atoms with Crippen molar-refractivity contribution in [2.45, 2.75) is 39.5 Å². The van der Waals surface area contributed by atoms with E-state index < -0.39 is 23.8 Å². The average Bonchev–Trinajstić information content (AvgIpc) is 4.12. The van der Waals surface area contributed by atoms with E-state index in [1.807, 2.05) is 85.0 Å². The first-order valence-corrected chi connectivity index (χ1v) is 22.2. The lowest BCUT2D eigenvalue weighted by atomic mass is 10.0. The quantitative estimate of drug-likeness (QED) is 0.0540. The second-order valence-corrected chi connectivity index (χ2v) is 16.7. The van der Waals surface area contributed by atoms with Gasteiger partial charge in [0, 0.05) is 61.4 Å². The van der Waals surface area contributed by atoms with Crippen LogP contribution in [0.2, 0.25) is 0 Å². The van der Waals surface area contributed by atoms with Gasteiger partial charge >= 0.3 is 11.9 Å². The summed E-state index contributed by atoms with van der Waals surface area (Å²) in [4.78, 5) is 39.5. The number of rotatable bonds is 20. The number of aromatic amines is 2. The van der Waals surface area contributed by atoms with E-state index in [9.17, 15) is 9.59 Å². The van der Waals surface area contributed by atoms with Crippen molar-refractivity contribution in [3.63, 3.8) is 0 Å². The molecule has 0 amide bonds. The minimum atomic E-state index is -0.811. The van der Waals surface area contributed by atoms with Gasteiger partial charge in [-0.25, -0.2) is 9.97 Å². The molecule has 2 aromatic carbocycles. The molecular formula is C48H48Br2N4O8. The predicted octanol–water partition coefficient (Wildman–Crippen LogP) is 11.3. The molecule has 0 fully saturated rings. The zero-order valence-corrected chi connectivity index (χ0v) is 37.6. The van der Waals surface area contributed by atoms with E-state index in [1.165, 1.54) is 0 Å². The van der Waals surface area contributed by atoms with Crippen LogP contribution in [0.1, 0.15) is 62.3 Å². The van der Waals surface area contributed by atoms with Crippen LogP contribution in [-0.2, 0) is 19.1 Å². The average molecular weight is 969 g/mol. The molecule has 8 bridgehead atoms. The maximum Gasteiger partial charge on any atom is 0.306 e. The summed E-state index contributed by atoms with van der Waals surface area (Å²) in [5.74, 6) is -1.00. The van der Waals surface area contributed by atoms with Crippen molar-refractivity contribution in [1.29, 1.82) is 0 Å². The number of hydrogen-bond acceptors (Lipinski definition) is 8. The molecule has 0 saturated carbocycles. The van der Waals surface area contributed by atoms with Crippen molar-refractivity contribution < 1.29 is 38.7 Å². The number of aliphatic carboxylic acids is 2. The molecule has 5 heterocycles. The molecule has 322 valence electrons. The van der Waals surface area contributed by atoms with Crippen molar-refractivity contribution in [3.8, 4) is 33.8 Å². The monoisotopic (exact) mass is 966 g/mol. The summed E-state index contributed by atoms with van der Waals surface area (Å²) in [6.07, 6.45) is 10.4. The number of ether oxygens (including phenoxy) is 4. The van der Waals surface area contributed by atoms with Gasteiger partial charge in [0.1, 0.15) is 11.5 Å². The molecule has 14 heteroatoms. The third-order valence-corrected chi connectivity index (χ3v) is 12.2. The summed E-state index contributed by atoms with van der Waals surface area (Å²) in [5.41, 5.74) is 10.4. The van der Waals surface area contributed by atoms with Crippen LogP contribution in [0.25, 0.3) is 68.6 Å². The molecule has 62 heavy (non-hydrogen) atoms. The maximum atomic E-state index is 11.0. The molecule has 2 aliphatic heterocycles. The molecule has 4 N–H and O–H groups in total. The molecule has 3 aromatic heterocycles. The maximum absolute atomic E-state index is 11.0. The Hall–Kier alpha value is -5.54. The van der Waals surface area contributed by atoms with Gasteiger partial charge in [-0.3, -0.25) is 9.59 Å². The Labute approximate surface area is 376 Å². The number of halogens is 2. The molecule has 12 nitrogen and oxygen atoms in total. The van der Waals surface area contributed by atoms with Crippen LogP contribution in [-0.4, -0.2) is 81.7 Å². The number of carbonyl (C=O) groups is 2. The first-order valence-electron chi connectivity index (χ1n) is 20.6. The van der Waals surface area contributed by atoms with Crippen LogP contribution in [0.3, 0.4) is 0 Å². The van der Waals surface area contributed by atoms with Crippen LogP contribution in [0.15, 0.2) is 81.7 Å². The van der Waals surface area contributed by atoms with Gasteiger partial charge in [0.25, 0.3) is 0 Å². The van der Waals surface area contributed by atoms with Gasteiger partial charge in [0.15, 0.2) is 0 Å². The van der Waals surface area contributed by atoms with E-state index in [1.54, 1.807) is 13.8 Å². The number of H-pyrrole nitrogens is 2. The number of nitrogens with zero attached hydrogens (tertiary/aromatic N) is 2. The lowest BCUT2D eigenvalue weighted by Gasteiger charge is -2.10. The molecule has 2 aliphatic rings. The summed E-state index contributed by atoms with van der Waals surface area (Å²) in [6, 6.07) is 24.1. The van der Waals surface area contributed by atoms with E-state index in [-0.39, 0.29) is 0 Å². The Bertz CT molecular complexity index is 2440. The van der Waals surface area contributed by atoms with Crippen molar-refractivity contribution >= 4 is 90.2 Å². The number of aromatic nitrogens is 4. The van der Waals surface area contributed by atoms with Crippen LogP contribution >= 0.6 is 31.9 Å². The summed E-state index contributed by atoms with van der Waals surface area (Å²) in [5, 5.41) is 18.1. The molecule has 0 spiro atoms. The third-order valence-electron chi connectivity index (χ3n) is 10.5. The molecule has 0 saturated heterocycles. The topological polar surface area (TPSA) is 169 Å². The predicted molar refractivity (Wildman–Crippen MR) is 250 cm³/mol. The van der Waals surface area contributed by atoms with E-state index in [2.05, 4.69) is 54.0 Å². The Morgan fingerprint density at radius 1 is 0.532 bits per heavy atom. The molecule has 7 rings (SSSR count).